The number of rotatable bonds is 4. The average Bonchev–Trinajstić information content (AvgIpc) is 2.82. The molecule has 1 amide bonds. The first-order chi connectivity index (χ1) is 16.4. The summed E-state index contributed by atoms with van der Waals surface area (Å²) in [6, 6.07) is 14.4. The summed E-state index contributed by atoms with van der Waals surface area (Å²) in [5.74, 6) is -0.243. The fourth-order valence-corrected chi connectivity index (χ4v) is 4.73. The molecule has 1 saturated heterocycles. The normalized spacial score (nSPS) is 18.3. The number of anilines is 2. The zero-order valence-corrected chi connectivity index (χ0v) is 19.8. The molecular formula is C26H28N6O2. The zero-order chi connectivity index (χ0) is 23.8. The van der Waals surface area contributed by atoms with Crippen molar-refractivity contribution >= 4 is 39.1 Å². The van der Waals surface area contributed by atoms with Crippen LogP contribution in [-0.2, 0) is 0 Å². The number of amides is 1. The van der Waals surface area contributed by atoms with E-state index in [0.29, 0.717) is 28.9 Å². The number of pyridine rings is 1. The molecule has 0 bridgehead atoms. The maximum absolute atomic E-state index is 13.5. The van der Waals surface area contributed by atoms with Crippen molar-refractivity contribution in [3.05, 3.63) is 59.9 Å². The Hall–Kier alpha value is -3.78. The van der Waals surface area contributed by atoms with Gasteiger partial charge in [-0.05, 0) is 57.2 Å². The Labute approximate surface area is 198 Å². The number of carbonyl (C=O) groups is 1. The number of aryl methyl sites for hydroxylation is 1. The summed E-state index contributed by atoms with van der Waals surface area (Å²) in [6.45, 7) is 8.02. The number of carbonyl (C=O) groups excluding carboxylic acids is 1. The third-order valence-electron chi connectivity index (χ3n) is 6.15. The third-order valence-corrected chi connectivity index (χ3v) is 6.15. The van der Waals surface area contributed by atoms with Gasteiger partial charge in [-0.15, -0.1) is 0 Å². The first-order valence-electron chi connectivity index (χ1n) is 11.5. The molecule has 0 spiro atoms. The number of hydrogen-bond donors (Lipinski definition) is 2. The van der Waals surface area contributed by atoms with E-state index in [9.17, 15) is 4.79 Å². The average molecular weight is 457 g/mol. The van der Waals surface area contributed by atoms with Gasteiger partial charge in [0.05, 0.1) is 29.4 Å². The highest BCUT2D eigenvalue weighted by molar-refractivity contribution is 6.15. The lowest BCUT2D eigenvalue weighted by molar-refractivity contribution is 0.102. The summed E-state index contributed by atoms with van der Waals surface area (Å²) in [4.78, 5) is 29.3. The fourth-order valence-electron chi connectivity index (χ4n) is 4.73. The first kappa shape index (κ1) is 22.0. The zero-order valence-electron chi connectivity index (χ0n) is 19.8. The molecule has 34 heavy (non-hydrogen) atoms. The lowest BCUT2D eigenvalue weighted by atomic mass is 10.0. The van der Waals surface area contributed by atoms with Crippen LogP contribution < -0.4 is 20.3 Å². The van der Waals surface area contributed by atoms with Gasteiger partial charge < -0.3 is 20.3 Å². The van der Waals surface area contributed by atoms with Crippen LogP contribution in [0.3, 0.4) is 0 Å². The third kappa shape index (κ3) is 4.12. The number of benzene rings is 2. The number of nitrogens with one attached hydrogen (secondary N) is 2. The molecule has 2 aromatic heterocycles. The van der Waals surface area contributed by atoms with E-state index >= 15 is 0 Å². The Kier molecular flexibility index (Phi) is 5.75. The van der Waals surface area contributed by atoms with Crippen molar-refractivity contribution in [2.24, 2.45) is 0 Å². The van der Waals surface area contributed by atoms with Gasteiger partial charge in [-0.1, -0.05) is 6.07 Å². The Balaban J connectivity index is 1.56. The molecule has 3 heterocycles. The highest BCUT2D eigenvalue weighted by Gasteiger charge is 2.24. The lowest BCUT2D eigenvalue weighted by Gasteiger charge is -2.38. The highest BCUT2D eigenvalue weighted by Crippen LogP contribution is 2.31. The number of nitrogens with zero attached hydrogens (tertiary/aromatic N) is 4. The molecule has 2 atom stereocenters. The summed E-state index contributed by atoms with van der Waals surface area (Å²) in [7, 11) is 1.52. The number of hydrogen-bond acceptors (Lipinski definition) is 7. The monoisotopic (exact) mass is 456 g/mol. The number of methoxy groups -OCH3 is 1. The Bertz CT molecular complexity index is 1380. The Morgan fingerprint density at radius 3 is 2.62 bits per heavy atom. The van der Waals surface area contributed by atoms with Crippen LogP contribution in [0.25, 0.3) is 21.8 Å². The van der Waals surface area contributed by atoms with E-state index in [2.05, 4.69) is 44.3 Å². The van der Waals surface area contributed by atoms with Crippen LogP contribution in [0.15, 0.2) is 48.7 Å². The van der Waals surface area contributed by atoms with E-state index in [1.165, 1.54) is 7.11 Å². The Morgan fingerprint density at radius 1 is 1.06 bits per heavy atom. The minimum Gasteiger partial charge on any atom is -0.467 e. The largest absolute Gasteiger partial charge is 0.467 e. The second-order valence-electron chi connectivity index (χ2n) is 8.90. The van der Waals surface area contributed by atoms with E-state index in [1.54, 1.807) is 6.20 Å². The molecule has 5 rings (SSSR count). The summed E-state index contributed by atoms with van der Waals surface area (Å²) in [6.07, 6.45) is 1.75. The van der Waals surface area contributed by atoms with Crippen molar-refractivity contribution in [2.45, 2.75) is 32.9 Å². The molecule has 0 saturated carbocycles. The Morgan fingerprint density at radius 2 is 1.85 bits per heavy atom. The smallest absolute Gasteiger partial charge is 0.316 e. The number of ether oxygens (including phenoxy) is 1. The SMILES string of the molecule is COc1ncc2c(N3CC(C)NC(C)C3)ccc(C(=O)Nc3cccc4nc(C)ccc34)c2n1. The van der Waals surface area contributed by atoms with Gasteiger partial charge in [0.15, 0.2) is 0 Å². The van der Waals surface area contributed by atoms with Gasteiger partial charge in [-0.25, -0.2) is 4.98 Å². The minimum absolute atomic E-state index is 0.227. The predicted octanol–water partition coefficient (Wildman–Crippen LogP) is 3.93. The highest BCUT2D eigenvalue weighted by atomic mass is 16.5. The van der Waals surface area contributed by atoms with Crippen LogP contribution in [0.4, 0.5) is 11.4 Å². The summed E-state index contributed by atoms with van der Waals surface area (Å²) in [5.41, 5.74) is 4.52. The van der Waals surface area contributed by atoms with Crippen molar-refractivity contribution < 1.29 is 9.53 Å². The van der Waals surface area contributed by atoms with Crippen LogP contribution in [0.5, 0.6) is 6.01 Å². The summed E-state index contributed by atoms with van der Waals surface area (Å²) >= 11 is 0. The van der Waals surface area contributed by atoms with Crippen LogP contribution >= 0.6 is 0 Å². The second kappa shape index (κ2) is 8.87. The molecule has 2 aromatic carbocycles. The number of fused-ring (bicyclic) bond motifs is 2. The molecule has 2 unspecified atom stereocenters. The summed E-state index contributed by atoms with van der Waals surface area (Å²) < 4.78 is 5.28. The van der Waals surface area contributed by atoms with Gasteiger partial charge in [0.2, 0.25) is 0 Å². The van der Waals surface area contributed by atoms with Crippen molar-refractivity contribution in [2.75, 3.05) is 30.4 Å². The molecule has 0 aliphatic carbocycles. The van der Waals surface area contributed by atoms with Gasteiger partial charge in [0.1, 0.15) is 0 Å². The van der Waals surface area contributed by atoms with Crippen molar-refractivity contribution in [3.8, 4) is 6.01 Å². The number of piperazine rings is 1. The van der Waals surface area contributed by atoms with E-state index in [4.69, 9.17) is 4.74 Å². The second-order valence-corrected chi connectivity index (χ2v) is 8.90. The molecule has 2 N–H and O–H groups in total. The molecule has 4 aromatic rings. The van der Waals surface area contributed by atoms with E-state index in [0.717, 1.165) is 40.8 Å². The molecule has 1 aliphatic rings. The van der Waals surface area contributed by atoms with Crippen LogP contribution in [-0.4, -0.2) is 53.1 Å². The quantitative estimate of drug-likeness (QED) is 0.481. The topological polar surface area (TPSA) is 92.3 Å². The van der Waals surface area contributed by atoms with E-state index < -0.39 is 0 Å². The van der Waals surface area contributed by atoms with Crippen LogP contribution in [0, 0.1) is 6.92 Å². The maximum atomic E-state index is 13.5. The van der Waals surface area contributed by atoms with Crippen molar-refractivity contribution in [1.29, 1.82) is 0 Å². The van der Waals surface area contributed by atoms with E-state index in [1.807, 2.05) is 49.4 Å². The summed E-state index contributed by atoms with van der Waals surface area (Å²) in [5, 5.41) is 8.33. The predicted molar refractivity (Wildman–Crippen MR) is 135 cm³/mol. The molecule has 1 fully saturated rings. The molecule has 8 nitrogen and oxygen atoms in total. The van der Waals surface area contributed by atoms with Gasteiger partial charge in [0, 0.05) is 53.5 Å². The molecule has 1 aliphatic heterocycles. The van der Waals surface area contributed by atoms with Crippen LogP contribution in [0.2, 0.25) is 0 Å². The fraction of sp³-hybridized carbons (Fsp3) is 0.308. The van der Waals surface area contributed by atoms with Gasteiger partial charge >= 0.3 is 6.01 Å². The lowest BCUT2D eigenvalue weighted by Crippen LogP contribution is -2.54. The van der Waals surface area contributed by atoms with Gasteiger partial charge in [-0.2, -0.15) is 4.98 Å². The molecule has 0 radical (unpaired) electrons. The van der Waals surface area contributed by atoms with Gasteiger partial charge in [-0.3, -0.25) is 9.78 Å². The maximum Gasteiger partial charge on any atom is 0.316 e. The van der Waals surface area contributed by atoms with Crippen molar-refractivity contribution in [3.63, 3.8) is 0 Å². The van der Waals surface area contributed by atoms with Gasteiger partial charge in [0.25, 0.3) is 5.91 Å². The van der Waals surface area contributed by atoms with E-state index in [-0.39, 0.29) is 11.9 Å². The molecular weight excluding hydrogens is 428 g/mol. The van der Waals surface area contributed by atoms with Crippen LogP contribution in [0.1, 0.15) is 29.9 Å². The van der Waals surface area contributed by atoms with Crippen molar-refractivity contribution in [1.82, 2.24) is 20.3 Å². The standard InChI is InChI=1S/C26H28N6O2/c1-15-8-9-18-21(29-15)6-5-7-22(18)30-25(33)19-10-11-23(32-13-16(2)28-17(3)14-32)20-12-27-26(34-4)31-24(19)20/h5-12,16-17,28H,13-14H2,1-4H3,(H,30,33). The minimum atomic E-state index is -0.243. The molecule has 174 valence electrons. The first-order valence-corrected chi connectivity index (χ1v) is 11.5. The number of aromatic nitrogens is 3. The molecule has 8 heteroatoms.